The van der Waals surface area contributed by atoms with Gasteiger partial charge >= 0.3 is 6.09 Å². The van der Waals surface area contributed by atoms with Crippen molar-refractivity contribution in [3.05, 3.63) is 76.5 Å². The second kappa shape index (κ2) is 9.89. The van der Waals surface area contributed by atoms with Crippen molar-refractivity contribution < 1.29 is 19.4 Å². The lowest BCUT2D eigenvalue weighted by molar-refractivity contribution is 0.00449. The van der Waals surface area contributed by atoms with Crippen LogP contribution < -0.4 is 0 Å². The lowest BCUT2D eigenvalue weighted by Gasteiger charge is -2.41. The molecule has 0 radical (unpaired) electrons. The van der Waals surface area contributed by atoms with Crippen molar-refractivity contribution in [3.8, 4) is 16.9 Å². The summed E-state index contributed by atoms with van der Waals surface area (Å²) in [5.74, 6) is 0.0588. The van der Waals surface area contributed by atoms with Crippen LogP contribution in [0.3, 0.4) is 0 Å². The summed E-state index contributed by atoms with van der Waals surface area (Å²) < 4.78 is 5.59. The van der Waals surface area contributed by atoms with Crippen LogP contribution in [0.25, 0.3) is 11.1 Å². The van der Waals surface area contributed by atoms with Gasteiger partial charge in [-0.1, -0.05) is 48.5 Å². The Hall–Kier alpha value is -3.32. The van der Waals surface area contributed by atoms with Gasteiger partial charge in [0.1, 0.15) is 11.4 Å². The predicted octanol–water partition coefficient (Wildman–Crippen LogP) is 5.42. The van der Waals surface area contributed by atoms with Crippen LogP contribution >= 0.6 is 11.3 Å². The van der Waals surface area contributed by atoms with Crippen LogP contribution in [0, 0.1) is 0 Å². The van der Waals surface area contributed by atoms with Crippen LogP contribution in [0.4, 0.5) is 4.79 Å². The third-order valence-corrected chi connectivity index (χ3v) is 6.67. The second-order valence-electron chi connectivity index (χ2n) is 9.45. The maximum Gasteiger partial charge on any atom is 0.410 e. The highest BCUT2D eigenvalue weighted by Crippen LogP contribution is 2.35. The molecule has 1 aromatic heterocycles. The molecule has 34 heavy (non-hydrogen) atoms. The molecule has 4 rings (SSSR count). The molecule has 0 bridgehead atoms. The van der Waals surface area contributed by atoms with Gasteiger partial charge in [-0.2, -0.15) is 0 Å². The number of phenols is 1. The van der Waals surface area contributed by atoms with E-state index < -0.39 is 5.60 Å². The standard InChI is InChI=1S/C27H30N2O4S/c1-27(2,3)33-26(32)28-14-15-29(20(18-28)17-19-9-5-4-6-10-19)25(31)24-22(13-16-34-24)21-11-7-8-12-23(21)30/h4-13,16,20,30H,14-15,17-18H2,1-3H3. The summed E-state index contributed by atoms with van der Waals surface area (Å²) in [4.78, 5) is 30.7. The van der Waals surface area contributed by atoms with E-state index in [1.807, 2.05) is 79.6 Å². The number of hydrogen-bond acceptors (Lipinski definition) is 5. The molecule has 1 atom stereocenters. The van der Waals surface area contributed by atoms with Crippen molar-refractivity contribution in [1.82, 2.24) is 9.80 Å². The number of piperazine rings is 1. The Morgan fingerprint density at radius 2 is 1.71 bits per heavy atom. The molecule has 2 heterocycles. The van der Waals surface area contributed by atoms with Gasteiger partial charge in [0.2, 0.25) is 0 Å². The van der Waals surface area contributed by atoms with Gasteiger partial charge in [-0.3, -0.25) is 4.79 Å². The number of amides is 2. The summed E-state index contributed by atoms with van der Waals surface area (Å²) in [7, 11) is 0. The Balaban J connectivity index is 1.61. The van der Waals surface area contributed by atoms with E-state index in [1.165, 1.54) is 11.3 Å². The van der Waals surface area contributed by atoms with Gasteiger partial charge in [-0.25, -0.2) is 4.79 Å². The molecular weight excluding hydrogens is 448 g/mol. The smallest absolute Gasteiger partial charge is 0.410 e. The Kier molecular flexibility index (Phi) is 6.93. The number of ether oxygens (including phenoxy) is 1. The quantitative estimate of drug-likeness (QED) is 0.543. The van der Waals surface area contributed by atoms with E-state index in [0.717, 1.165) is 11.1 Å². The summed E-state index contributed by atoms with van der Waals surface area (Å²) in [5.41, 5.74) is 1.88. The number of thiophene rings is 1. The zero-order valence-corrected chi connectivity index (χ0v) is 20.5. The Morgan fingerprint density at radius 1 is 1.00 bits per heavy atom. The molecule has 2 aromatic carbocycles. The summed E-state index contributed by atoms with van der Waals surface area (Å²) in [6.45, 7) is 6.76. The highest BCUT2D eigenvalue weighted by atomic mass is 32.1. The molecule has 0 saturated carbocycles. The summed E-state index contributed by atoms with van der Waals surface area (Å²) in [6.07, 6.45) is 0.270. The minimum absolute atomic E-state index is 0.0852. The lowest BCUT2D eigenvalue weighted by Crippen LogP contribution is -2.57. The first-order valence-electron chi connectivity index (χ1n) is 11.4. The molecule has 2 amide bonds. The monoisotopic (exact) mass is 478 g/mol. The molecule has 1 aliphatic rings. The first kappa shape index (κ1) is 23.8. The van der Waals surface area contributed by atoms with Gasteiger partial charge < -0.3 is 19.6 Å². The van der Waals surface area contributed by atoms with Crippen LogP contribution in [0.2, 0.25) is 0 Å². The van der Waals surface area contributed by atoms with Crippen molar-refractivity contribution in [2.24, 2.45) is 0 Å². The number of para-hydroxylation sites is 1. The third-order valence-electron chi connectivity index (χ3n) is 5.76. The topological polar surface area (TPSA) is 70.1 Å². The zero-order chi connectivity index (χ0) is 24.3. The second-order valence-corrected chi connectivity index (χ2v) is 10.4. The number of benzene rings is 2. The van der Waals surface area contributed by atoms with Crippen LogP contribution in [0.15, 0.2) is 66.0 Å². The molecule has 1 unspecified atom stereocenters. The summed E-state index contributed by atoms with van der Waals surface area (Å²) >= 11 is 1.37. The van der Waals surface area contributed by atoms with Crippen molar-refractivity contribution >= 4 is 23.3 Å². The molecule has 1 aliphatic heterocycles. The Bertz CT molecular complexity index is 1150. The molecule has 0 spiro atoms. The SMILES string of the molecule is CC(C)(C)OC(=O)N1CCN(C(=O)c2sccc2-c2ccccc2O)C(Cc2ccccc2)C1. The van der Waals surface area contributed by atoms with Crippen molar-refractivity contribution in [2.45, 2.75) is 38.8 Å². The number of phenolic OH excluding ortho intramolecular Hbond substituents is 1. The fourth-order valence-electron chi connectivity index (χ4n) is 4.19. The van der Waals surface area contributed by atoms with Gasteiger partial charge in [0.15, 0.2) is 0 Å². The lowest BCUT2D eigenvalue weighted by atomic mass is 10.0. The summed E-state index contributed by atoms with van der Waals surface area (Å²) in [6, 6.07) is 18.7. The molecule has 1 fully saturated rings. The van der Waals surface area contributed by atoms with E-state index in [0.29, 0.717) is 36.5 Å². The van der Waals surface area contributed by atoms with E-state index >= 15 is 0 Å². The summed E-state index contributed by atoms with van der Waals surface area (Å²) in [5, 5.41) is 12.2. The maximum absolute atomic E-state index is 13.8. The van der Waals surface area contributed by atoms with E-state index in [-0.39, 0.29) is 23.8 Å². The normalized spacial score (nSPS) is 16.4. The van der Waals surface area contributed by atoms with Gasteiger partial charge in [-0.15, -0.1) is 11.3 Å². The molecule has 3 aromatic rings. The molecular formula is C27H30N2O4S. The molecule has 0 aliphatic carbocycles. The van der Waals surface area contributed by atoms with Gasteiger partial charge in [0.25, 0.3) is 5.91 Å². The number of nitrogens with zero attached hydrogens (tertiary/aromatic N) is 2. The minimum atomic E-state index is -0.581. The average molecular weight is 479 g/mol. The molecule has 1 N–H and O–H groups in total. The van der Waals surface area contributed by atoms with E-state index in [2.05, 4.69) is 0 Å². The Morgan fingerprint density at radius 3 is 2.41 bits per heavy atom. The van der Waals surface area contributed by atoms with Crippen LogP contribution in [-0.4, -0.2) is 58.2 Å². The van der Waals surface area contributed by atoms with E-state index in [4.69, 9.17) is 4.74 Å². The van der Waals surface area contributed by atoms with Gasteiger partial charge in [-0.05, 0) is 50.3 Å². The zero-order valence-electron chi connectivity index (χ0n) is 19.7. The van der Waals surface area contributed by atoms with E-state index in [9.17, 15) is 14.7 Å². The average Bonchev–Trinajstić information content (AvgIpc) is 3.28. The van der Waals surface area contributed by atoms with Gasteiger partial charge in [0.05, 0.1) is 10.9 Å². The Labute approximate surface area is 204 Å². The molecule has 178 valence electrons. The van der Waals surface area contributed by atoms with Crippen LogP contribution in [0.5, 0.6) is 5.75 Å². The minimum Gasteiger partial charge on any atom is -0.507 e. The number of rotatable bonds is 4. The van der Waals surface area contributed by atoms with Crippen LogP contribution in [-0.2, 0) is 11.2 Å². The van der Waals surface area contributed by atoms with Crippen molar-refractivity contribution in [3.63, 3.8) is 0 Å². The highest BCUT2D eigenvalue weighted by Gasteiger charge is 2.36. The molecule has 7 heteroatoms. The third kappa shape index (κ3) is 5.42. The first-order valence-corrected chi connectivity index (χ1v) is 12.3. The maximum atomic E-state index is 13.8. The van der Waals surface area contributed by atoms with Crippen molar-refractivity contribution in [1.29, 1.82) is 0 Å². The molecule has 6 nitrogen and oxygen atoms in total. The number of aromatic hydroxyl groups is 1. The number of carbonyl (C=O) groups excluding carboxylic acids is 2. The largest absolute Gasteiger partial charge is 0.507 e. The fourth-order valence-corrected chi connectivity index (χ4v) is 5.06. The van der Waals surface area contributed by atoms with Crippen LogP contribution in [0.1, 0.15) is 36.0 Å². The molecule has 1 saturated heterocycles. The van der Waals surface area contributed by atoms with Crippen molar-refractivity contribution in [2.75, 3.05) is 19.6 Å². The predicted molar refractivity (Wildman–Crippen MR) is 134 cm³/mol. The number of hydrogen-bond donors (Lipinski definition) is 1. The van der Waals surface area contributed by atoms with Gasteiger partial charge in [0, 0.05) is 30.8 Å². The van der Waals surface area contributed by atoms with E-state index in [1.54, 1.807) is 17.0 Å². The number of carbonyl (C=O) groups is 2. The fraction of sp³-hybridized carbons (Fsp3) is 0.333. The first-order chi connectivity index (χ1) is 16.2. The highest BCUT2D eigenvalue weighted by molar-refractivity contribution is 7.12.